The fourth-order valence-electron chi connectivity index (χ4n) is 2.29. The summed E-state index contributed by atoms with van der Waals surface area (Å²) in [5.41, 5.74) is 0.133. The van der Waals surface area contributed by atoms with Crippen molar-refractivity contribution in [2.45, 2.75) is 25.8 Å². The summed E-state index contributed by atoms with van der Waals surface area (Å²) >= 11 is 0. The summed E-state index contributed by atoms with van der Waals surface area (Å²) in [6.07, 6.45) is 4.13. The van der Waals surface area contributed by atoms with E-state index in [-0.39, 0.29) is 11.3 Å². The van der Waals surface area contributed by atoms with E-state index in [0.29, 0.717) is 12.1 Å². The van der Waals surface area contributed by atoms with E-state index in [2.05, 4.69) is 4.98 Å². The molecule has 20 heavy (non-hydrogen) atoms. The Labute approximate surface area is 115 Å². The summed E-state index contributed by atoms with van der Waals surface area (Å²) in [5, 5.41) is 0. The first-order valence-corrected chi connectivity index (χ1v) is 6.61. The van der Waals surface area contributed by atoms with Crippen molar-refractivity contribution in [3.05, 3.63) is 58.3 Å². The summed E-state index contributed by atoms with van der Waals surface area (Å²) in [4.78, 5) is 28.4. The lowest BCUT2D eigenvalue weighted by molar-refractivity contribution is 0.0730. The zero-order chi connectivity index (χ0) is 13.9. The Hall–Kier alpha value is -2.43. The number of fused-ring (bicyclic) bond motifs is 1. The first kappa shape index (κ1) is 12.6. The lowest BCUT2D eigenvalue weighted by Crippen LogP contribution is -2.30. The zero-order valence-electron chi connectivity index (χ0n) is 10.9. The van der Waals surface area contributed by atoms with Crippen LogP contribution in [0, 0.1) is 0 Å². The lowest BCUT2D eigenvalue weighted by Gasteiger charge is -2.17. The number of rotatable bonds is 2. The molecule has 0 N–H and O–H groups in total. The van der Waals surface area contributed by atoms with Crippen molar-refractivity contribution in [1.29, 1.82) is 0 Å². The number of benzene rings is 1. The predicted molar refractivity (Wildman–Crippen MR) is 72.8 cm³/mol. The van der Waals surface area contributed by atoms with E-state index in [1.54, 1.807) is 28.8 Å². The summed E-state index contributed by atoms with van der Waals surface area (Å²) < 4.78 is 6.76. The van der Waals surface area contributed by atoms with E-state index in [1.807, 2.05) is 6.07 Å². The maximum Gasteiger partial charge on any atom is 0.343 e. The van der Waals surface area contributed by atoms with Gasteiger partial charge in [-0.1, -0.05) is 18.2 Å². The third-order valence-electron chi connectivity index (χ3n) is 3.34. The van der Waals surface area contributed by atoms with Crippen molar-refractivity contribution in [2.24, 2.45) is 0 Å². The van der Waals surface area contributed by atoms with Gasteiger partial charge in [-0.05, 0) is 25.0 Å². The van der Waals surface area contributed by atoms with Crippen LogP contribution in [0.4, 0.5) is 0 Å². The predicted octanol–water partition coefficient (Wildman–Crippen LogP) is 1.80. The van der Waals surface area contributed by atoms with Crippen molar-refractivity contribution in [3.63, 3.8) is 0 Å². The number of carbonyl (C=O) groups excluding carboxylic acids is 1. The van der Waals surface area contributed by atoms with Crippen LogP contribution < -0.4 is 10.3 Å². The van der Waals surface area contributed by atoms with E-state index < -0.39 is 5.97 Å². The fourth-order valence-corrected chi connectivity index (χ4v) is 2.29. The standard InChI is InChI=1S/C15H14N2O3/c18-14-12(10-16-13-8-4-5-9-17(13)14)20-15(19)11-6-2-1-3-7-11/h1-3,6-7,10H,4-5,8-9H2. The lowest BCUT2D eigenvalue weighted by atomic mass is 10.1. The molecule has 0 saturated heterocycles. The van der Waals surface area contributed by atoms with Crippen LogP contribution in [0.2, 0.25) is 0 Å². The number of esters is 1. The van der Waals surface area contributed by atoms with Crippen LogP contribution in [0.5, 0.6) is 5.75 Å². The third kappa shape index (κ3) is 2.34. The second kappa shape index (κ2) is 5.28. The van der Waals surface area contributed by atoms with Crippen LogP contribution in [0.3, 0.4) is 0 Å². The molecule has 5 heteroatoms. The van der Waals surface area contributed by atoms with Gasteiger partial charge >= 0.3 is 5.97 Å². The number of hydrogen-bond donors (Lipinski definition) is 0. The number of ether oxygens (including phenoxy) is 1. The molecular weight excluding hydrogens is 256 g/mol. The van der Waals surface area contributed by atoms with Crippen molar-refractivity contribution in [2.75, 3.05) is 0 Å². The molecule has 1 aliphatic heterocycles. The fraction of sp³-hybridized carbons (Fsp3) is 0.267. The quantitative estimate of drug-likeness (QED) is 0.781. The van der Waals surface area contributed by atoms with Gasteiger partial charge in [-0.25, -0.2) is 9.78 Å². The van der Waals surface area contributed by atoms with Gasteiger partial charge in [0.25, 0.3) is 5.56 Å². The van der Waals surface area contributed by atoms with Crippen LogP contribution in [-0.4, -0.2) is 15.5 Å². The third-order valence-corrected chi connectivity index (χ3v) is 3.34. The van der Waals surface area contributed by atoms with E-state index in [4.69, 9.17) is 4.74 Å². The highest BCUT2D eigenvalue weighted by molar-refractivity contribution is 5.90. The Kier molecular flexibility index (Phi) is 3.33. The molecule has 1 aromatic heterocycles. The second-order valence-electron chi connectivity index (χ2n) is 4.71. The van der Waals surface area contributed by atoms with Gasteiger partial charge in [0.1, 0.15) is 5.82 Å². The summed E-state index contributed by atoms with van der Waals surface area (Å²) in [7, 11) is 0. The van der Waals surface area contributed by atoms with E-state index in [9.17, 15) is 9.59 Å². The molecule has 5 nitrogen and oxygen atoms in total. The number of nitrogens with zero attached hydrogens (tertiary/aromatic N) is 2. The Balaban J connectivity index is 1.89. The largest absolute Gasteiger partial charge is 0.415 e. The van der Waals surface area contributed by atoms with Crippen LogP contribution in [0.15, 0.2) is 41.3 Å². The first-order valence-electron chi connectivity index (χ1n) is 6.61. The molecule has 1 aromatic carbocycles. The molecule has 1 aliphatic rings. The molecule has 0 radical (unpaired) electrons. The highest BCUT2D eigenvalue weighted by Gasteiger charge is 2.17. The molecule has 0 fully saturated rings. The number of carbonyl (C=O) groups is 1. The van der Waals surface area contributed by atoms with Gasteiger partial charge in [0.2, 0.25) is 5.75 Å². The SMILES string of the molecule is O=C(Oc1cnc2n(c1=O)CCCC2)c1ccccc1. The van der Waals surface area contributed by atoms with Gasteiger partial charge in [0.15, 0.2) is 0 Å². The number of aryl methyl sites for hydroxylation is 1. The molecule has 102 valence electrons. The van der Waals surface area contributed by atoms with E-state index >= 15 is 0 Å². The Bertz CT molecular complexity index is 692. The zero-order valence-corrected chi connectivity index (χ0v) is 10.9. The highest BCUT2D eigenvalue weighted by Crippen LogP contribution is 2.13. The second-order valence-corrected chi connectivity index (χ2v) is 4.71. The molecule has 0 aliphatic carbocycles. The minimum absolute atomic E-state index is 0.00972. The average molecular weight is 270 g/mol. The maximum atomic E-state index is 12.2. The summed E-state index contributed by atoms with van der Waals surface area (Å²) in [5.74, 6) is 0.214. The number of aromatic nitrogens is 2. The molecule has 2 aromatic rings. The minimum Gasteiger partial charge on any atom is -0.415 e. The van der Waals surface area contributed by atoms with Gasteiger partial charge in [0.05, 0.1) is 11.8 Å². The van der Waals surface area contributed by atoms with Gasteiger partial charge in [-0.2, -0.15) is 0 Å². The average Bonchev–Trinajstić information content (AvgIpc) is 2.51. The molecule has 2 heterocycles. The Morgan fingerprint density at radius 2 is 2.00 bits per heavy atom. The highest BCUT2D eigenvalue weighted by atomic mass is 16.5. The first-order chi connectivity index (χ1) is 9.75. The topological polar surface area (TPSA) is 61.2 Å². The Morgan fingerprint density at radius 3 is 2.80 bits per heavy atom. The van der Waals surface area contributed by atoms with Gasteiger partial charge < -0.3 is 4.74 Å². The van der Waals surface area contributed by atoms with Crippen LogP contribution >= 0.6 is 0 Å². The van der Waals surface area contributed by atoms with E-state index in [1.165, 1.54) is 6.20 Å². The van der Waals surface area contributed by atoms with Crippen LogP contribution in [-0.2, 0) is 13.0 Å². The molecule has 0 bridgehead atoms. The monoisotopic (exact) mass is 270 g/mol. The summed E-state index contributed by atoms with van der Waals surface area (Å²) in [6, 6.07) is 8.59. The summed E-state index contributed by atoms with van der Waals surface area (Å²) in [6.45, 7) is 0.637. The number of hydrogen-bond acceptors (Lipinski definition) is 4. The van der Waals surface area contributed by atoms with Crippen molar-refractivity contribution in [3.8, 4) is 5.75 Å². The molecule has 0 atom stereocenters. The van der Waals surface area contributed by atoms with Gasteiger partial charge in [-0.3, -0.25) is 9.36 Å². The molecule has 3 rings (SSSR count). The van der Waals surface area contributed by atoms with Crippen molar-refractivity contribution in [1.82, 2.24) is 9.55 Å². The van der Waals surface area contributed by atoms with Gasteiger partial charge in [-0.15, -0.1) is 0 Å². The van der Waals surface area contributed by atoms with Crippen molar-refractivity contribution >= 4 is 5.97 Å². The minimum atomic E-state index is -0.541. The molecule has 0 amide bonds. The van der Waals surface area contributed by atoms with Crippen molar-refractivity contribution < 1.29 is 9.53 Å². The Morgan fingerprint density at radius 1 is 1.20 bits per heavy atom. The molecule has 0 spiro atoms. The van der Waals surface area contributed by atoms with Crippen LogP contribution in [0.1, 0.15) is 29.0 Å². The maximum absolute atomic E-state index is 12.2. The smallest absolute Gasteiger partial charge is 0.343 e. The molecule has 0 saturated carbocycles. The van der Waals surface area contributed by atoms with E-state index in [0.717, 1.165) is 25.1 Å². The molecular formula is C15H14N2O3. The van der Waals surface area contributed by atoms with Gasteiger partial charge in [0, 0.05) is 13.0 Å². The normalized spacial score (nSPS) is 13.6. The van der Waals surface area contributed by atoms with Crippen LogP contribution in [0.25, 0.3) is 0 Å². The molecule has 0 unspecified atom stereocenters.